The number of rotatable bonds is 6. The zero-order chi connectivity index (χ0) is 15.2. The van der Waals surface area contributed by atoms with Crippen LogP contribution in [0.25, 0.3) is 0 Å². The lowest BCUT2D eigenvalue weighted by molar-refractivity contribution is 0.242. The van der Waals surface area contributed by atoms with E-state index in [2.05, 4.69) is 10.2 Å². The van der Waals surface area contributed by atoms with Gasteiger partial charge in [0.25, 0.3) is 0 Å². The van der Waals surface area contributed by atoms with Crippen LogP contribution in [0.3, 0.4) is 0 Å². The lowest BCUT2D eigenvalue weighted by atomic mass is 10.1. The summed E-state index contributed by atoms with van der Waals surface area (Å²) < 4.78 is 16.2. The summed E-state index contributed by atoms with van der Waals surface area (Å²) in [6.45, 7) is 5.21. The Morgan fingerprint density at radius 3 is 2.24 bits per heavy atom. The van der Waals surface area contributed by atoms with Crippen LogP contribution in [0.1, 0.15) is 5.56 Å². The molecular weight excluding hydrogens is 292 g/mol. The highest BCUT2D eigenvalue weighted by molar-refractivity contribution is 6.32. The Labute approximate surface area is 131 Å². The maximum absolute atomic E-state index is 6.28. The largest absolute Gasteiger partial charge is 0.492 e. The Morgan fingerprint density at radius 2 is 1.67 bits per heavy atom. The van der Waals surface area contributed by atoms with Crippen molar-refractivity contribution < 1.29 is 14.2 Å². The maximum atomic E-state index is 6.28. The van der Waals surface area contributed by atoms with Crippen molar-refractivity contribution in [1.82, 2.24) is 10.2 Å². The number of nitrogens with one attached hydrogen (secondary N) is 1. The van der Waals surface area contributed by atoms with E-state index < -0.39 is 0 Å². The van der Waals surface area contributed by atoms with Crippen molar-refractivity contribution in [3.8, 4) is 17.2 Å². The van der Waals surface area contributed by atoms with E-state index in [0.717, 1.165) is 44.7 Å². The Bertz CT molecular complexity index is 476. The molecule has 1 aliphatic rings. The van der Waals surface area contributed by atoms with E-state index in [1.807, 2.05) is 6.07 Å². The highest BCUT2D eigenvalue weighted by Gasteiger charge is 2.20. The second kappa shape index (κ2) is 7.73. The molecule has 118 valence electrons. The molecule has 1 fully saturated rings. The molecule has 5 nitrogen and oxygen atoms in total. The van der Waals surface area contributed by atoms with Crippen LogP contribution in [0.15, 0.2) is 6.07 Å². The minimum absolute atomic E-state index is 0.516. The molecule has 1 aromatic carbocycles. The van der Waals surface area contributed by atoms with Gasteiger partial charge >= 0.3 is 0 Å². The van der Waals surface area contributed by atoms with E-state index >= 15 is 0 Å². The first-order valence-electron chi connectivity index (χ1n) is 7.11. The second-order valence-corrected chi connectivity index (χ2v) is 5.37. The van der Waals surface area contributed by atoms with E-state index in [9.17, 15) is 0 Å². The molecule has 0 bridgehead atoms. The van der Waals surface area contributed by atoms with Gasteiger partial charge in [0.15, 0.2) is 11.5 Å². The molecule has 1 aliphatic heterocycles. The third kappa shape index (κ3) is 3.73. The molecule has 1 heterocycles. The molecule has 1 N–H and O–H groups in total. The first-order valence-corrected chi connectivity index (χ1v) is 7.49. The Morgan fingerprint density at radius 1 is 1.05 bits per heavy atom. The molecule has 6 heteroatoms. The Kier molecular flexibility index (Phi) is 5.96. The Balaban J connectivity index is 2.19. The van der Waals surface area contributed by atoms with Crippen molar-refractivity contribution in [1.29, 1.82) is 0 Å². The molecule has 1 aromatic rings. The molecule has 2 rings (SSSR count). The highest BCUT2D eigenvalue weighted by atomic mass is 35.5. The third-order valence-corrected chi connectivity index (χ3v) is 4.02. The van der Waals surface area contributed by atoms with Crippen LogP contribution in [0.4, 0.5) is 0 Å². The fraction of sp³-hybridized carbons (Fsp3) is 0.600. The monoisotopic (exact) mass is 314 g/mol. The van der Waals surface area contributed by atoms with Gasteiger partial charge in [0.1, 0.15) is 0 Å². The number of nitrogens with zero attached hydrogens (tertiary/aromatic N) is 1. The number of hydrogen-bond donors (Lipinski definition) is 1. The molecule has 1 saturated heterocycles. The third-order valence-electron chi connectivity index (χ3n) is 3.74. The molecule has 0 aromatic heterocycles. The normalized spacial score (nSPS) is 15.8. The van der Waals surface area contributed by atoms with Gasteiger partial charge in [-0.1, -0.05) is 11.6 Å². The standard InChI is InChI=1S/C15H23ClN2O3/c1-19-13-11(4-7-18-8-5-17-6-9-18)10-12(16)14(20-2)15(13)21-3/h10,17H,4-9H2,1-3H3. The van der Waals surface area contributed by atoms with Crippen molar-refractivity contribution in [3.63, 3.8) is 0 Å². The van der Waals surface area contributed by atoms with E-state index in [1.165, 1.54) is 0 Å². The van der Waals surface area contributed by atoms with Crippen molar-refractivity contribution in [2.24, 2.45) is 0 Å². The van der Waals surface area contributed by atoms with Crippen LogP contribution < -0.4 is 19.5 Å². The molecule has 21 heavy (non-hydrogen) atoms. The number of ether oxygens (including phenoxy) is 3. The first-order chi connectivity index (χ1) is 10.2. The zero-order valence-corrected chi connectivity index (χ0v) is 13.6. The van der Waals surface area contributed by atoms with Crippen LogP contribution in [0.5, 0.6) is 17.2 Å². The lowest BCUT2D eigenvalue weighted by Crippen LogP contribution is -2.44. The summed E-state index contributed by atoms with van der Waals surface area (Å²) in [5.74, 6) is 1.78. The molecule has 0 spiro atoms. The molecule has 0 unspecified atom stereocenters. The van der Waals surface area contributed by atoms with E-state index in [-0.39, 0.29) is 0 Å². The SMILES string of the molecule is COc1c(Cl)cc(CCN2CCNCC2)c(OC)c1OC. The predicted octanol–water partition coefficient (Wildman–Crippen LogP) is 1.81. The summed E-state index contributed by atoms with van der Waals surface area (Å²) in [5.41, 5.74) is 1.04. The van der Waals surface area contributed by atoms with Gasteiger partial charge in [-0.05, 0) is 12.5 Å². The van der Waals surface area contributed by atoms with Gasteiger partial charge in [0.2, 0.25) is 5.75 Å². The van der Waals surface area contributed by atoms with Crippen molar-refractivity contribution in [3.05, 3.63) is 16.7 Å². The van der Waals surface area contributed by atoms with E-state index in [4.69, 9.17) is 25.8 Å². The molecular formula is C15H23ClN2O3. The summed E-state index contributed by atoms with van der Waals surface area (Å²) in [6, 6.07) is 1.91. The topological polar surface area (TPSA) is 43.0 Å². The second-order valence-electron chi connectivity index (χ2n) is 4.96. The van der Waals surface area contributed by atoms with Crippen LogP contribution in [-0.2, 0) is 6.42 Å². The van der Waals surface area contributed by atoms with Gasteiger partial charge in [-0.3, -0.25) is 0 Å². The molecule has 0 radical (unpaired) electrons. The van der Waals surface area contributed by atoms with Crippen molar-refractivity contribution in [2.75, 3.05) is 54.1 Å². The van der Waals surface area contributed by atoms with Gasteiger partial charge in [-0.25, -0.2) is 0 Å². The number of benzene rings is 1. The minimum Gasteiger partial charge on any atom is -0.492 e. The summed E-state index contributed by atoms with van der Waals surface area (Å²) >= 11 is 6.28. The Hall–Kier alpha value is -1.17. The van der Waals surface area contributed by atoms with E-state index in [0.29, 0.717) is 22.3 Å². The van der Waals surface area contributed by atoms with Crippen LogP contribution in [0.2, 0.25) is 5.02 Å². The zero-order valence-electron chi connectivity index (χ0n) is 12.9. The minimum atomic E-state index is 0.516. The van der Waals surface area contributed by atoms with Gasteiger partial charge in [0.05, 0.1) is 26.4 Å². The highest BCUT2D eigenvalue weighted by Crippen LogP contribution is 2.45. The van der Waals surface area contributed by atoms with Crippen LogP contribution in [-0.4, -0.2) is 59.0 Å². The van der Waals surface area contributed by atoms with Gasteiger partial charge in [-0.15, -0.1) is 0 Å². The van der Waals surface area contributed by atoms with Crippen LogP contribution in [0, 0.1) is 0 Å². The average molecular weight is 315 g/mol. The summed E-state index contributed by atoms with van der Waals surface area (Å²) in [5, 5.41) is 3.90. The maximum Gasteiger partial charge on any atom is 0.205 e. The number of methoxy groups -OCH3 is 3. The quantitative estimate of drug-likeness (QED) is 0.867. The fourth-order valence-electron chi connectivity index (χ4n) is 2.64. The smallest absolute Gasteiger partial charge is 0.205 e. The molecule has 0 atom stereocenters. The van der Waals surface area contributed by atoms with Crippen LogP contribution >= 0.6 is 11.6 Å². The molecule has 0 saturated carbocycles. The van der Waals surface area contributed by atoms with Gasteiger partial charge in [0, 0.05) is 38.3 Å². The number of halogens is 1. The fourth-order valence-corrected chi connectivity index (χ4v) is 2.93. The molecule has 0 amide bonds. The van der Waals surface area contributed by atoms with Gasteiger partial charge < -0.3 is 24.4 Å². The predicted molar refractivity (Wildman–Crippen MR) is 84.1 cm³/mol. The van der Waals surface area contributed by atoms with Gasteiger partial charge in [-0.2, -0.15) is 0 Å². The average Bonchev–Trinajstić information content (AvgIpc) is 2.53. The number of piperazine rings is 1. The van der Waals surface area contributed by atoms with Crippen molar-refractivity contribution in [2.45, 2.75) is 6.42 Å². The van der Waals surface area contributed by atoms with Crippen molar-refractivity contribution >= 4 is 11.6 Å². The number of hydrogen-bond acceptors (Lipinski definition) is 5. The summed E-state index contributed by atoms with van der Waals surface area (Å²) in [6.07, 6.45) is 0.864. The summed E-state index contributed by atoms with van der Waals surface area (Å²) in [7, 11) is 4.81. The summed E-state index contributed by atoms with van der Waals surface area (Å²) in [4.78, 5) is 2.43. The molecule has 0 aliphatic carbocycles. The first kappa shape index (κ1) is 16.2. The van der Waals surface area contributed by atoms with E-state index in [1.54, 1.807) is 21.3 Å². The lowest BCUT2D eigenvalue weighted by Gasteiger charge is -2.27.